The molecular weight excluding hydrogens is 474 g/mol. The molecule has 2 saturated heterocycles. The van der Waals surface area contributed by atoms with Crippen molar-refractivity contribution in [3.05, 3.63) is 59.4 Å². The molecule has 2 aliphatic heterocycles. The van der Waals surface area contributed by atoms with Gasteiger partial charge in [-0.2, -0.15) is 4.98 Å². The Balaban J connectivity index is 1.36. The Morgan fingerprint density at radius 3 is 2.47 bits per heavy atom. The molecule has 0 radical (unpaired) electrons. The lowest BCUT2D eigenvalue weighted by Gasteiger charge is -2.27. The second-order valence-electron chi connectivity index (χ2n) is 9.44. The third-order valence-electron chi connectivity index (χ3n) is 6.96. The number of morpholine rings is 1. The summed E-state index contributed by atoms with van der Waals surface area (Å²) in [6, 6.07) is 16.0. The second kappa shape index (κ2) is 10.0. The van der Waals surface area contributed by atoms with Crippen LogP contribution >= 0.6 is 11.6 Å². The van der Waals surface area contributed by atoms with Gasteiger partial charge in [-0.25, -0.2) is 9.97 Å². The summed E-state index contributed by atoms with van der Waals surface area (Å²) >= 11 is 6.07. The predicted molar refractivity (Wildman–Crippen MR) is 144 cm³/mol. The van der Waals surface area contributed by atoms with Gasteiger partial charge in [-0.3, -0.25) is 4.90 Å². The topological polar surface area (TPSA) is 71.3 Å². The second-order valence-corrected chi connectivity index (χ2v) is 9.88. The fourth-order valence-corrected chi connectivity index (χ4v) is 5.04. The highest BCUT2D eigenvalue weighted by Gasteiger charge is 2.19. The highest BCUT2D eigenvalue weighted by molar-refractivity contribution is 6.30. The Bertz CT molecular complexity index is 1360. The molecule has 0 unspecified atom stereocenters. The number of halogens is 1. The largest absolute Gasteiger partial charge is 0.378 e. The number of likely N-dealkylation sites (tertiary alicyclic amines) is 1. The van der Waals surface area contributed by atoms with Crippen molar-refractivity contribution in [3.8, 4) is 11.3 Å². The molecule has 0 atom stereocenters. The number of nitrogens with zero attached hydrogens (tertiary/aromatic N) is 6. The lowest BCUT2D eigenvalue weighted by atomic mass is 10.1. The van der Waals surface area contributed by atoms with Gasteiger partial charge in [0.2, 0.25) is 5.95 Å². The minimum Gasteiger partial charge on any atom is -0.378 e. The molecule has 6 rings (SSSR count). The number of benzene rings is 2. The highest BCUT2D eigenvalue weighted by Crippen LogP contribution is 2.29. The fraction of sp³-hybridized carbons (Fsp3) is 0.370. The van der Waals surface area contributed by atoms with E-state index in [9.17, 15) is 0 Å². The van der Waals surface area contributed by atoms with Gasteiger partial charge < -0.3 is 19.5 Å². The quantitative estimate of drug-likeness (QED) is 0.403. The van der Waals surface area contributed by atoms with Crippen LogP contribution in [0.1, 0.15) is 18.7 Å². The van der Waals surface area contributed by atoms with Gasteiger partial charge in [0.25, 0.3) is 0 Å². The molecule has 0 aliphatic carbocycles. The average Bonchev–Trinajstić information content (AvgIpc) is 3.53. The molecule has 0 amide bonds. The minimum absolute atomic E-state index is 0.675. The van der Waals surface area contributed by atoms with Crippen LogP contribution in [0.25, 0.3) is 22.3 Å². The van der Waals surface area contributed by atoms with E-state index in [1.807, 2.05) is 30.3 Å². The zero-order chi connectivity index (χ0) is 24.5. The van der Waals surface area contributed by atoms with Gasteiger partial charge in [0.1, 0.15) is 11.6 Å². The van der Waals surface area contributed by atoms with Crippen molar-refractivity contribution in [2.45, 2.75) is 19.4 Å². The molecular formula is C27H30ClN7O. The molecule has 2 aromatic carbocycles. The van der Waals surface area contributed by atoms with Crippen molar-refractivity contribution < 1.29 is 4.74 Å². The summed E-state index contributed by atoms with van der Waals surface area (Å²) in [5.41, 5.74) is 4.95. The van der Waals surface area contributed by atoms with E-state index in [0.29, 0.717) is 24.2 Å². The molecule has 4 aromatic rings. The SMILES string of the molecule is Cn1c(CN2CCCC2)nc2ccc(-c3cc(Nc4ccc(Cl)cc4)nc(N4CCOCC4)n3)cc21. The Morgan fingerprint density at radius 1 is 0.917 bits per heavy atom. The Morgan fingerprint density at radius 2 is 1.69 bits per heavy atom. The number of ether oxygens (including phenoxy) is 1. The van der Waals surface area contributed by atoms with Crippen molar-refractivity contribution >= 4 is 40.1 Å². The van der Waals surface area contributed by atoms with Gasteiger partial charge in [0.05, 0.1) is 36.5 Å². The Hall–Kier alpha value is -3.20. The fourth-order valence-electron chi connectivity index (χ4n) is 4.91. The molecule has 2 fully saturated rings. The van der Waals surface area contributed by atoms with Crippen LogP contribution in [0.15, 0.2) is 48.5 Å². The molecule has 4 heterocycles. The van der Waals surface area contributed by atoms with Gasteiger partial charge in [-0.1, -0.05) is 17.7 Å². The summed E-state index contributed by atoms with van der Waals surface area (Å²) in [7, 11) is 2.11. The van der Waals surface area contributed by atoms with Gasteiger partial charge in [-0.15, -0.1) is 0 Å². The van der Waals surface area contributed by atoms with Crippen LogP contribution < -0.4 is 10.2 Å². The van der Waals surface area contributed by atoms with E-state index in [4.69, 9.17) is 31.3 Å². The first-order chi connectivity index (χ1) is 17.6. The zero-order valence-corrected chi connectivity index (χ0v) is 21.2. The summed E-state index contributed by atoms with van der Waals surface area (Å²) in [6.07, 6.45) is 2.55. The van der Waals surface area contributed by atoms with E-state index >= 15 is 0 Å². The number of anilines is 3. The van der Waals surface area contributed by atoms with Crippen molar-refractivity contribution in [1.29, 1.82) is 0 Å². The molecule has 2 aromatic heterocycles. The monoisotopic (exact) mass is 503 g/mol. The number of fused-ring (bicyclic) bond motifs is 1. The maximum Gasteiger partial charge on any atom is 0.228 e. The standard InChI is InChI=1S/C27H30ClN7O/c1-33-24-16-19(4-9-22(24)30-26(33)18-34-10-2-3-11-34)23-17-25(29-21-7-5-20(28)6-8-21)32-27(31-23)35-12-14-36-15-13-35/h4-9,16-17H,2-3,10-15,18H2,1H3,(H,29,31,32). The smallest absolute Gasteiger partial charge is 0.228 e. The Labute approximate surface area is 215 Å². The minimum atomic E-state index is 0.675. The number of hydrogen-bond acceptors (Lipinski definition) is 7. The van der Waals surface area contributed by atoms with E-state index < -0.39 is 0 Å². The van der Waals surface area contributed by atoms with Gasteiger partial charge >= 0.3 is 0 Å². The van der Waals surface area contributed by atoms with Crippen molar-refractivity contribution in [3.63, 3.8) is 0 Å². The molecule has 0 saturated carbocycles. The molecule has 8 nitrogen and oxygen atoms in total. The van der Waals surface area contributed by atoms with Crippen LogP contribution in [0.4, 0.5) is 17.5 Å². The number of aryl methyl sites for hydroxylation is 1. The van der Waals surface area contributed by atoms with Gasteiger partial charge in [0.15, 0.2) is 0 Å². The number of nitrogens with one attached hydrogen (secondary N) is 1. The molecule has 0 spiro atoms. The van der Waals surface area contributed by atoms with Crippen molar-refractivity contribution in [2.24, 2.45) is 7.05 Å². The summed E-state index contributed by atoms with van der Waals surface area (Å²) in [4.78, 5) is 19.4. The van der Waals surface area contributed by atoms with E-state index in [1.165, 1.54) is 12.8 Å². The number of hydrogen-bond donors (Lipinski definition) is 1. The van der Waals surface area contributed by atoms with Crippen molar-refractivity contribution in [2.75, 3.05) is 49.6 Å². The van der Waals surface area contributed by atoms with Crippen LogP contribution in [0.5, 0.6) is 0 Å². The lowest BCUT2D eigenvalue weighted by molar-refractivity contribution is 0.122. The summed E-state index contributed by atoms with van der Waals surface area (Å²) < 4.78 is 7.76. The van der Waals surface area contributed by atoms with E-state index in [0.717, 1.165) is 72.3 Å². The van der Waals surface area contributed by atoms with Crippen LogP contribution in [0, 0.1) is 0 Å². The number of imidazole rings is 1. The van der Waals surface area contributed by atoms with Crippen LogP contribution in [-0.2, 0) is 18.3 Å². The number of aromatic nitrogens is 4. The third kappa shape index (κ3) is 4.89. The third-order valence-corrected chi connectivity index (χ3v) is 7.21. The van der Waals surface area contributed by atoms with Crippen LogP contribution in [-0.4, -0.2) is 63.8 Å². The van der Waals surface area contributed by atoms with Gasteiger partial charge in [-0.05, 0) is 62.3 Å². The number of rotatable bonds is 6. The molecule has 2 aliphatic rings. The van der Waals surface area contributed by atoms with E-state index in [-0.39, 0.29) is 0 Å². The van der Waals surface area contributed by atoms with Crippen LogP contribution in [0.3, 0.4) is 0 Å². The van der Waals surface area contributed by atoms with Gasteiger partial charge in [0, 0.05) is 42.5 Å². The molecule has 36 heavy (non-hydrogen) atoms. The highest BCUT2D eigenvalue weighted by atomic mass is 35.5. The summed E-state index contributed by atoms with van der Waals surface area (Å²) in [5, 5.41) is 4.12. The Kier molecular flexibility index (Phi) is 6.48. The van der Waals surface area contributed by atoms with Crippen LogP contribution in [0.2, 0.25) is 5.02 Å². The normalized spacial score (nSPS) is 16.7. The lowest BCUT2D eigenvalue weighted by Crippen LogP contribution is -2.37. The van der Waals surface area contributed by atoms with E-state index in [1.54, 1.807) is 0 Å². The molecule has 186 valence electrons. The maximum absolute atomic E-state index is 6.07. The average molecular weight is 504 g/mol. The summed E-state index contributed by atoms with van der Waals surface area (Å²) in [5.74, 6) is 2.54. The first-order valence-electron chi connectivity index (χ1n) is 12.5. The van der Waals surface area contributed by atoms with E-state index in [2.05, 4.69) is 44.9 Å². The maximum atomic E-state index is 6.07. The zero-order valence-electron chi connectivity index (χ0n) is 20.5. The predicted octanol–water partition coefficient (Wildman–Crippen LogP) is 4.86. The first-order valence-corrected chi connectivity index (χ1v) is 12.9. The van der Waals surface area contributed by atoms with Crippen molar-refractivity contribution in [1.82, 2.24) is 24.4 Å². The molecule has 0 bridgehead atoms. The summed E-state index contributed by atoms with van der Waals surface area (Å²) in [6.45, 7) is 6.09. The molecule has 1 N–H and O–H groups in total. The first kappa shape index (κ1) is 23.2. The molecule has 9 heteroatoms.